The summed E-state index contributed by atoms with van der Waals surface area (Å²) in [5.74, 6) is 0.120. The molecular weight excluding hydrogens is 373 g/mol. The summed E-state index contributed by atoms with van der Waals surface area (Å²) in [6, 6.07) is 6.06. The summed E-state index contributed by atoms with van der Waals surface area (Å²) in [6.45, 7) is 5.49. The molecule has 1 aromatic heterocycles. The van der Waals surface area contributed by atoms with E-state index in [-0.39, 0.29) is 17.1 Å². The molecule has 1 fully saturated rings. The molecule has 1 aliphatic rings. The van der Waals surface area contributed by atoms with Crippen LogP contribution in [0.5, 0.6) is 0 Å². The maximum atomic E-state index is 13.7. The van der Waals surface area contributed by atoms with Crippen molar-refractivity contribution in [1.29, 1.82) is 0 Å². The Hall–Kier alpha value is -2.45. The Balaban J connectivity index is 1.54. The Morgan fingerprint density at radius 1 is 1.30 bits per heavy atom. The zero-order valence-corrected chi connectivity index (χ0v) is 15.7. The Morgan fingerprint density at radius 3 is 2.81 bits per heavy atom. The second kappa shape index (κ2) is 8.96. The van der Waals surface area contributed by atoms with Crippen molar-refractivity contribution in [3.63, 3.8) is 0 Å². The third-order valence-corrected chi connectivity index (χ3v) is 4.37. The molecule has 1 saturated heterocycles. The van der Waals surface area contributed by atoms with E-state index < -0.39 is 11.7 Å². The number of rotatable bonds is 6. The fraction of sp³-hybridized carbons (Fsp3) is 0.389. The van der Waals surface area contributed by atoms with Crippen molar-refractivity contribution in [2.45, 2.75) is 6.92 Å². The monoisotopic (exact) mass is 393 g/mol. The van der Waals surface area contributed by atoms with E-state index in [1.54, 1.807) is 0 Å². The highest BCUT2D eigenvalue weighted by atomic mass is 35.5. The SMILES string of the molecule is Cc1cc(N2CCOCC2)nc(NCCNC(=O)c2c(F)cccc2Cl)n1. The summed E-state index contributed by atoms with van der Waals surface area (Å²) < 4.78 is 19.1. The highest BCUT2D eigenvalue weighted by Gasteiger charge is 2.16. The number of ether oxygens (including phenoxy) is 1. The van der Waals surface area contributed by atoms with Crippen LogP contribution in [0.3, 0.4) is 0 Å². The number of hydrogen-bond donors (Lipinski definition) is 2. The Kier molecular flexibility index (Phi) is 6.41. The van der Waals surface area contributed by atoms with E-state index in [1.165, 1.54) is 18.2 Å². The minimum absolute atomic E-state index is 0.0811. The molecule has 2 aromatic rings. The van der Waals surface area contributed by atoms with Crippen LogP contribution in [0.25, 0.3) is 0 Å². The van der Waals surface area contributed by atoms with E-state index in [4.69, 9.17) is 16.3 Å². The van der Waals surface area contributed by atoms with Crippen molar-refractivity contribution in [3.8, 4) is 0 Å². The molecule has 3 rings (SSSR count). The summed E-state index contributed by atoms with van der Waals surface area (Å²) in [7, 11) is 0. The molecule has 0 spiro atoms. The molecule has 27 heavy (non-hydrogen) atoms. The Labute approximate surface area is 161 Å². The van der Waals surface area contributed by atoms with E-state index in [1.807, 2.05) is 13.0 Å². The lowest BCUT2D eigenvalue weighted by Crippen LogP contribution is -2.37. The molecule has 0 bridgehead atoms. The normalized spacial score (nSPS) is 14.1. The lowest BCUT2D eigenvalue weighted by molar-refractivity contribution is 0.0951. The number of halogens is 2. The number of benzene rings is 1. The summed E-state index contributed by atoms with van der Waals surface area (Å²) in [5.41, 5.74) is 0.691. The highest BCUT2D eigenvalue weighted by molar-refractivity contribution is 6.33. The molecule has 0 aliphatic carbocycles. The van der Waals surface area contributed by atoms with Gasteiger partial charge in [-0.1, -0.05) is 17.7 Å². The van der Waals surface area contributed by atoms with Crippen molar-refractivity contribution >= 4 is 29.3 Å². The molecule has 0 saturated carbocycles. The van der Waals surface area contributed by atoms with Gasteiger partial charge in [-0.05, 0) is 19.1 Å². The molecule has 0 unspecified atom stereocenters. The number of anilines is 2. The van der Waals surface area contributed by atoms with Crippen molar-refractivity contribution in [1.82, 2.24) is 15.3 Å². The van der Waals surface area contributed by atoms with Gasteiger partial charge < -0.3 is 20.3 Å². The van der Waals surface area contributed by atoms with Gasteiger partial charge in [0.2, 0.25) is 5.95 Å². The van der Waals surface area contributed by atoms with Gasteiger partial charge in [-0.25, -0.2) is 9.37 Å². The third-order valence-electron chi connectivity index (χ3n) is 4.06. The van der Waals surface area contributed by atoms with E-state index >= 15 is 0 Å². The minimum atomic E-state index is -0.648. The van der Waals surface area contributed by atoms with Crippen LogP contribution in [-0.2, 0) is 4.74 Å². The second-order valence-corrected chi connectivity index (χ2v) is 6.48. The van der Waals surface area contributed by atoms with Crippen LogP contribution in [0, 0.1) is 12.7 Å². The molecule has 1 amide bonds. The molecule has 1 aliphatic heterocycles. The summed E-state index contributed by atoms with van der Waals surface area (Å²) in [4.78, 5) is 23.1. The number of carbonyl (C=O) groups excluding carboxylic acids is 1. The average Bonchev–Trinajstić information content (AvgIpc) is 2.65. The number of amides is 1. The van der Waals surface area contributed by atoms with Gasteiger partial charge in [0.05, 0.1) is 23.8 Å². The van der Waals surface area contributed by atoms with Crippen LogP contribution < -0.4 is 15.5 Å². The highest BCUT2D eigenvalue weighted by Crippen LogP contribution is 2.18. The number of hydrogen-bond acceptors (Lipinski definition) is 6. The molecular formula is C18H21ClFN5O2. The lowest BCUT2D eigenvalue weighted by atomic mass is 10.2. The van der Waals surface area contributed by atoms with Crippen molar-refractivity contribution < 1.29 is 13.9 Å². The topological polar surface area (TPSA) is 79.4 Å². The number of nitrogens with one attached hydrogen (secondary N) is 2. The van der Waals surface area contributed by atoms with Gasteiger partial charge in [0, 0.05) is 37.9 Å². The van der Waals surface area contributed by atoms with Crippen molar-refractivity contribution in [3.05, 3.63) is 46.4 Å². The molecule has 0 radical (unpaired) electrons. The number of nitrogens with zero attached hydrogens (tertiary/aromatic N) is 3. The number of aromatic nitrogens is 2. The second-order valence-electron chi connectivity index (χ2n) is 6.07. The molecule has 0 atom stereocenters. The molecule has 9 heteroatoms. The fourth-order valence-electron chi connectivity index (χ4n) is 2.74. The van der Waals surface area contributed by atoms with Crippen LogP contribution in [0.15, 0.2) is 24.3 Å². The van der Waals surface area contributed by atoms with Crippen LogP contribution in [-0.4, -0.2) is 55.3 Å². The smallest absolute Gasteiger partial charge is 0.255 e. The quantitative estimate of drug-likeness (QED) is 0.733. The molecule has 2 heterocycles. The van der Waals surface area contributed by atoms with E-state index in [2.05, 4.69) is 25.5 Å². The number of morpholine rings is 1. The van der Waals surface area contributed by atoms with Crippen LogP contribution in [0.1, 0.15) is 16.1 Å². The third kappa shape index (κ3) is 5.05. The Bertz CT molecular complexity index is 794. The summed E-state index contributed by atoms with van der Waals surface area (Å²) in [6.07, 6.45) is 0. The Morgan fingerprint density at radius 2 is 2.07 bits per heavy atom. The predicted molar refractivity (Wildman–Crippen MR) is 102 cm³/mol. The van der Waals surface area contributed by atoms with E-state index in [0.717, 1.165) is 24.6 Å². The maximum Gasteiger partial charge on any atom is 0.255 e. The standard InChI is InChI=1S/C18H21ClFN5O2/c1-12-11-15(25-7-9-27-10-8-25)24-18(23-12)22-6-5-21-17(26)16-13(19)3-2-4-14(16)20/h2-4,11H,5-10H2,1H3,(H,21,26)(H,22,23,24). The molecule has 144 valence electrons. The first-order chi connectivity index (χ1) is 13.0. The van der Waals surface area contributed by atoms with Gasteiger partial charge in [0.15, 0.2) is 0 Å². The lowest BCUT2D eigenvalue weighted by Gasteiger charge is -2.28. The van der Waals surface area contributed by atoms with Gasteiger partial charge in [-0.15, -0.1) is 0 Å². The first-order valence-corrected chi connectivity index (χ1v) is 9.07. The van der Waals surface area contributed by atoms with Crippen molar-refractivity contribution in [2.75, 3.05) is 49.6 Å². The summed E-state index contributed by atoms with van der Waals surface area (Å²) >= 11 is 5.89. The molecule has 1 aromatic carbocycles. The minimum Gasteiger partial charge on any atom is -0.378 e. The predicted octanol–water partition coefficient (Wildman–Crippen LogP) is 2.26. The molecule has 7 nitrogen and oxygen atoms in total. The average molecular weight is 394 g/mol. The zero-order chi connectivity index (χ0) is 19.2. The maximum absolute atomic E-state index is 13.7. The largest absolute Gasteiger partial charge is 0.378 e. The number of carbonyl (C=O) groups is 1. The first-order valence-electron chi connectivity index (χ1n) is 8.69. The van der Waals surface area contributed by atoms with Gasteiger partial charge in [0.25, 0.3) is 5.91 Å². The van der Waals surface area contributed by atoms with Crippen molar-refractivity contribution in [2.24, 2.45) is 0 Å². The van der Waals surface area contributed by atoms with Crippen LogP contribution in [0.2, 0.25) is 5.02 Å². The fourth-order valence-corrected chi connectivity index (χ4v) is 2.99. The van der Waals surface area contributed by atoms with Gasteiger partial charge >= 0.3 is 0 Å². The van der Waals surface area contributed by atoms with E-state index in [9.17, 15) is 9.18 Å². The van der Waals surface area contributed by atoms with Crippen LogP contribution in [0.4, 0.5) is 16.2 Å². The number of aryl methyl sites for hydroxylation is 1. The molecule has 2 N–H and O–H groups in total. The van der Waals surface area contributed by atoms with Crippen LogP contribution >= 0.6 is 11.6 Å². The van der Waals surface area contributed by atoms with Gasteiger partial charge in [0.1, 0.15) is 11.6 Å². The van der Waals surface area contributed by atoms with Gasteiger partial charge in [-0.3, -0.25) is 4.79 Å². The van der Waals surface area contributed by atoms with Gasteiger partial charge in [-0.2, -0.15) is 4.98 Å². The zero-order valence-electron chi connectivity index (χ0n) is 15.0. The summed E-state index contributed by atoms with van der Waals surface area (Å²) in [5, 5.41) is 5.80. The van der Waals surface area contributed by atoms with E-state index in [0.29, 0.717) is 25.7 Å². The first kappa shape index (κ1) is 19.3.